The molecule has 5 rings (SSSR count). The van der Waals surface area contributed by atoms with Crippen LogP contribution in [-0.4, -0.2) is 33.2 Å². The van der Waals surface area contributed by atoms with Gasteiger partial charge in [-0.3, -0.25) is 4.79 Å². The van der Waals surface area contributed by atoms with Crippen molar-refractivity contribution in [1.29, 1.82) is 0 Å². The highest BCUT2D eigenvalue weighted by atomic mass is 35.5. The highest BCUT2D eigenvalue weighted by Crippen LogP contribution is 2.35. The fourth-order valence-electron chi connectivity index (χ4n) is 4.79. The second-order valence-electron chi connectivity index (χ2n) is 9.34. The molecule has 8 heteroatoms. The molecule has 1 aliphatic rings. The molecule has 4 aromatic rings. The van der Waals surface area contributed by atoms with Crippen molar-refractivity contribution in [1.82, 2.24) is 14.7 Å². The van der Waals surface area contributed by atoms with E-state index in [4.69, 9.17) is 11.6 Å². The summed E-state index contributed by atoms with van der Waals surface area (Å²) in [4.78, 5) is 15.3. The number of nitrogens with zero attached hydrogens (tertiary/aromatic N) is 3. The quantitative estimate of drug-likeness (QED) is 0.274. The maximum Gasteiger partial charge on any atom is 0.435 e. The molecule has 4 nitrogen and oxygen atoms in total. The fraction of sp³-hybridized carbons (Fsp3) is 0.241. The highest BCUT2D eigenvalue weighted by Gasteiger charge is 2.35. The van der Waals surface area contributed by atoms with E-state index >= 15 is 0 Å². The van der Waals surface area contributed by atoms with Crippen molar-refractivity contribution < 1.29 is 18.0 Å². The van der Waals surface area contributed by atoms with Gasteiger partial charge in [-0.05, 0) is 62.1 Å². The molecule has 1 atom stereocenters. The SMILES string of the molecule is Cc1ccc(CC2CCCN2C(=O)c2ccc(-c3cc(C(F)(F)F)nn3-c3ccccc3Cl)cc2)cc1. The summed E-state index contributed by atoms with van der Waals surface area (Å²) in [5, 5.41) is 4.08. The van der Waals surface area contributed by atoms with Gasteiger partial charge in [0.05, 0.1) is 16.4 Å². The van der Waals surface area contributed by atoms with Gasteiger partial charge >= 0.3 is 6.18 Å². The molecule has 1 amide bonds. The van der Waals surface area contributed by atoms with Crippen molar-refractivity contribution in [2.45, 2.75) is 38.4 Å². The van der Waals surface area contributed by atoms with Crippen LogP contribution >= 0.6 is 11.6 Å². The van der Waals surface area contributed by atoms with Gasteiger partial charge in [0.2, 0.25) is 0 Å². The second-order valence-corrected chi connectivity index (χ2v) is 9.74. The zero-order valence-corrected chi connectivity index (χ0v) is 20.9. The predicted octanol–water partition coefficient (Wildman–Crippen LogP) is 7.37. The molecule has 0 bridgehead atoms. The number of carbonyl (C=O) groups excluding carboxylic acids is 1. The van der Waals surface area contributed by atoms with E-state index < -0.39 is 11.9 Å². The molecule has 0 spiro atoms. The zero-order valence-electron chi connectivity index (χ0n) is 20.2. The van der Waals surface area contributed by atoms with Crippen molar-refractivity contribution in [3.8, 4) is 16.9 Å². The van der Waals surface area contributed by atoms with Gasteiger partial charge in [-0.25, -0.2) is 4.68 Å². The normalized spacial score (nSPS) is 15.8. The predicted molar refractivity (Wildman–Crippen MR) is 138 cm³/mol. The van der Waals surface area contributed by atoms with Gasteiger partial charge in [0, 0.05) is 23.7 Å². The van der Waals surface area contributed by atoms with E-state index in [0.717, 1.165) is 25.3 Å². The molecule has 1 saturated heterocycles. The lowest BCUT2D eigenvalue weighted by molar-refractivity contribution is -0.141. The third-order valence-electron chi connectivity index (χ3n) is 6.74. The van der Waals surface area contributed by atoms with Crippen molar-refractivity contribution >= 4 is 17.5 Å². The van der Waals surface area contributed by atoms with Crippen LogP contribution in [0.1, 0.15) is 40.0 Å². The van der Waals surface area contributed by atoms with Crippen molar-refractivity contribution in [2.24, 2.45) is 0 Å². The number of amides is 1. The Morgan fingerprint density at radius 2 is 1.73 bits per heavy atom. The lowest BCUT2D eigenvalue weighted by Gasteiger charge is -2.25. The van der Waals surface area contributed by atoms with Crippen molar-refractivity contribution in [2.75, 3.05) is 6.54 Å². The van der Waals surface area contributed by atoms with E-state index in [1.165, 1.54) is 15.8 Å². The molecule has 0 saturated carbocycles. The van der Waals surface area contributed by atoms with Gasteiger partial charge < -0.3 is 4.90 Å². The molecule has 37 heavy (non-hydrogen) atoms. The second kappa shape index (κ2) is 10.1. The van der Waals surface area contributed by atoms with Crippen LogP contribution in [0.25, 0.3) is 16.9 Å². The number of hydrogen-bond donors (Lipinski definition) is 0. The zero-order chi connectivity index (χ0) is 26.2. The molecule has 1 aromatic heterocycles. The average molecular weight is 524 g/mol. The Hall–Kier alpha value is -3.58. The van der Waals surface area contributed by atoms with E-state index in [1.807, 2.05) is 11.8 Å². The summed E-state index contributed by atoms with van der Waals surface area (Å²) in [6.45, 7) is 2.73. The van der Waals surface area contributed by atoms with Crippen LogP contribution in [0.5, 0.6) is 0 Å². The number of para-hydroxylation sites is 1. The topological polar surface area (TPSA) is 38.1 Å². The summed E-state index contributed by atoms with van der Waals surface area (Å²) in [5.74, 6) is -0.0725. The molecule has 0 aliphatic carbocycles. The van der Waals surface area contributed by atoms with E-state index in [2.05, 4.69) is 29.4 Å². The van der Waals surface area contributed by atoms with Crippen LogP contribution in [0.3, 0.4) is 0 Å². The number of halogens is 4. The summed E-state index contributed by atoms with van der Waals surface area (Å²) < 4.78 is 41.7. The van der Waals surface area contributed by atoms with Gasteiger partial charge in [-0.2, -0.15) is 18.3 Å². The number of aryl methyl sites for hydroxylation is 1. The molecule has 1 aliphatic heterocycles. The molecule has 3 aromatic carbocycles. The molecule has 190 valence electrons. The number of alkyl halides is 3. The minimum Gasteiger partial charge on any atom is -0.335 e. The third kappa shape index (κ3) is 5.27. The maximum absolute atomic E-state index is 13.5. The Balaban J connectivity index is 1.42. The largest absolute Gasteiger partial charge is 0.435 e. The Bertz CT molecular complexity index is 1410. The van der Waals surface area contributed by atoms with E-state index in [9.17, 15) is 18.0 Å². The first-order valence-corrected chi connectivity index (χ1v) is 12.5. The number of rotatable bonds is 5. The Morgan fingerprint density at radius 3 is 2.41 bits per heavy atom. The maximum atomic E-state index is 13.5. The van der Waals surface area contributed by atoms with Crippen LogP contribution in [0.4, 0.5) is 13.2 Å². The van der Waals surface area contributed by atoms with Crippen molar-refractivity contribution in [3.05, 3.63) is 106 Å². The van der Waals surface area contributed by atoms with Crippen molar-refractivity contribution in [3.63, 3.8) is 0 Å². The Labute approximate surface area is 218 Å². The van der Waals surface area contributed by atoms with Crippen LogP contribution in [0.2, 0.25) is 5.02 Å². The molecule has 0 N–H and O–H groups in total. The summed E-state index contributed by atoms with van der Waals surface area (Å²) in [5.41, 5.74) is 2.94. The lowest BCUT2D eigenvalue weighted by Crippen LogP contribution is -2.36. The smallest absolute Gasteiger partial charge is 0.335 e. The van der Waals surface area contributed by atoms with E-state index in [0.29, 0.717) is 23.4 Å². The summed E-state index contributed by atoms with van der Waals surface area (Å²) in [6.07, 6.45) is -1.94. The van der Waals surface area contributed by atoms with Crippen LogP contribution in [-0.2, 0) is 12.6 Å². The summed E-state index contributed by atoms with van der Waals surface area (Å²) >= 11 is 6.27. The van der Waals surface area contributed by atoms with E-state index in [-0.39, 0.29) is 22.7 Å². The van der Waals surface area contributed by atoms with Gasteiger partial charge in [0.25, 0.3) is 5.91 Å². The molecule has 0 radical (unpaired) electrons. The number of likely N-dealkylation sites (tertiary alicyclic amines) is 1. The Morgan fingerprint density at radius 1 is 1.03 bits per heavy atom. The molecular weight excluding hydrogens is 499 g/mol. The monoisotopic (exact) mass is 523 g/mol. The molecule has 1 unspecified atom stereocenters. The molecule has 2 heterocycles. The van der Waals surface area contributed by atoms with Crippen LogP contribution in [0.15, 0.2) is 78.9 Å². The van der Waals surface area contributed by atoms with Gasteiger partial charge in [-0.15, -0.1) is 0 Å². The van der Waals surface area contributed by atoms with Crippen LogP contribution < -0.4 is 0 Å². The minimum absolute atomic E-state index is 0.0725. The first kappa shape index (κ1) is 25.1. The number of aromatic nitrogens is 2. The van der Waals surface area contributed by atoms with Gasteiger partial charge in [0.15, 0.2) is 5.69 Å². The summed E-state index contributed by atoms with van der Waals surface area (Å²) in [7, 11) is 0. The average Bonchev–Trinajstić information content (AvgIpc) is 3.53. The number of benzene rings is 3. The lowest BCUT2D eigenvalue weighted by atomic mass is 10.0. The highest BCUT2D eigenvalue weighted by molar-refractivity contribution is 6.32. The van der Waals surface area contributed by atoms with E-state index in [1.54, 1.807) is 48.5 Å². The minimum atomic E-state index is -4.61. The summed E-state index contributed by atoms with van der Waals surface area (Å²) in [6, 6.07) is 22.7. The Kier molecular flexibility index (Phi) is 6.82. The number of hydrogen-bond acceptors (Lipinski definition) is 2. The van der Waals surface area contributed by atoms with Gasteiger partial charge in [-0.1, -0.05) is 65.7 Å². The first-order valence-electron chi connectivity index (χ1n) is 12.1. The third-order valence-corrected chi connectivity index (χ3v) is 7.06. The van der Waals surface area contributed by atoms with Crippen LogP contribution in [0, 0.1) is 6.92 Å². The molecular formula is C29H25ClF3N3O. The fourth-order valence-corrected chi connectivity index (χ4v) is 5.01. The number of carbonyl (C=O) groups is 1. The van der Waals surface area contributed by atoms with Gasteiger partial charge in [0.1, 0.15) is 0 Å². The molecule has 1 fully saturated rings. The first-order chi connectivity index (χ1) is 17.7. The standard InChI is InChI=1S/C29H25ClF3N3O/c1-19-8-10-20(11-9-19)17-23-5-4-16-35(23)28(37)22-14-12-21(13-15-22)26-18-27(29(31,32)33)34-36(26)25-7-3-2-6-24(25)30/h2-3,6-15,18,23H,4-5,16-17H2,1H3.